The molecular formula is C22H32N6. The maximum atomic E-state index is 4.62. The van der Waals surface area contributed by atoms with Gasteiger partial charge < -0.3 is 20.5 Å². The minimum Gasteiger partial charge on any atom is -0.359 e. The Morgan fingerprint density at radius 2 is 1.96 bits per heavy atom. The Morgan fingerprint density at radius 3 is 2.75 bits per heavy atom. The van der Waals surface area contributed by atoms with Gasteiger partial charge in [0, 0.05) is 34.5 Å². The van der Waals surface area contributed by atoms with Crippen LogP contribution in [0.4, 0.5) is 17.5 Å². The van der Waals surface area contributed by atoms with Gasteiger partial charge >= 0.3 is 0 Å². The normalized spacial score (nSPS) is 12.5. The summed E-state index contributed by atoms with van der Waals surface area (Å²) < 4.78 is 0. The predicted molar refractivity (Wildman–Crippen MR) is 118 cm³/mol. The molecule has 0 aliphatic carbocycles. The number of rotatable bonds is 10. The van der Waals surface area contributed by atoms with E-state index in [1.165, 1.54) is 11.8 Å². The molecule has 0 amide bonds. The van der Waals surface area contributed by atoms with Crippen molar-refractivity contribution < 1.29 is 0 Å². The molecule has 0 saturated heterocycles. The van der Waals surface area contributed by atoms with Gasteiger partial charge in [0.2, 0.25) is 5.95 Å². The van der Waals surface area contributed by atoms with Crippen LogP contribution in [-0.2, 0) is 0 Å². The lowest BCUT2D eigenvalue weighted by Gasteiger charge is -2.19. The maximum Gasteiger partial charge on any atom is 0.224 e. The molecule has 1 unspecified atom stereocenters. The minimum atomic E-state index is 0.338. The molecule has 0 spiro atoms. The molecule has 0 radical (unpaired) electrons. The fourth-order valence-electron chi connectivity index (χ4n) is 3.45. The Bertz CT molecular complexity index is 884. The Hall–Kier alpha value is -2.60. The molecular weight excluding hydrogens is 348 g/mol. The van der Waals surface area contributed by atoms with Crippen LogP contribution in [0.5, 0.6) is 0 Å². The van der Waals surface area contributed by atoms with Crippen LogP contribution in [0.2, 0.25) is 0 Å². The summed E-state index contributed by atoms with van der Waals surface area (Å²) in [6, 6.07) is 10.6. The zero-order valence-corrected chi connectivity index (χ0v) is 17.4. The summed E-state index contributed by atoms with van der Waals surface area (Å²) in [4.78, 5) is 14.8. The molecule has 28 heavy (non-hydrogen) atoms. The average molecular weight is 381 g/mol. The summed E-state index contributed by atoms with van der Waals surface area (Å²) in [6.45, 7) is 12.1. The quantitative estimate of drug-likeness (QED) is 0.465. The van der Waals surface area contributed by atoms with E-state index < -0.39 is 0 Å². The van der Waals surface area contributed by atoms with Crippen molar-refractivity contribution in [3.8, 4) is 0 Å². The fraction of sp³-hybridized carbons (Fsp3) is 0.455. The van der Waals surface area contributed by atoms with E-state index in [1.54, 1.807) is 6.20 Å². The topological polar surface area (TPSA) is 68.9 Å². The highest BCUT2D eigenvalue weighted by molar-refractivity contribution is 5.84. The number of fused-ring (bicyclic) bond motifs is 1. The minimum absolute atomic E-state index is 0.338. The molecule has 3 aromatic rings. The van der Waals surface area contributed by atoms with E-state index >= 15 is 0 Å². The highest BCUT2D eigenvalue weighted by atomic mass is 15.1. The van der Waals surface area contributed by atoms with Crippen molar-refractivity contribution in [2.24, 2.45) is 0 Å². The van der Waals surface area contributed by atoms with Crippen LogP contribution in [0.15, 0.2) is 36.5 Å². The van der Waals surface area contributed by atoms with Gasteiger partial charge in [-0.2, -0.15) is 4.98 Å². The van der Waals surface area contributed by atoms with E-state index in [2.05, 4.69) is 82.4 Å². The Balaban J connectivity index is 1.56. The van der Waals surface area contributed by atoms with E-state index in [-0.39, 0.29) is 0 Å². The number of aromatic nitrogens is 3. The SMILES string of the molecule is CCN(CC)CCCC(C)Nc1nccc(Nc2ccc3[nH]c(C)cc3c2)n1. The van der Waals surface area contributed by atoms with Crippen LogP contribution in [0, 0.1) is 6.92 Å². The van der Waals surface area contributed by atoms with Crippen molar-refractivity contribution in [2.45, 2.75) is 46.6 Å². The van der Waals surface area contributed by atoms with Crippen LogP contribution in [0.3, 0.4) is 0 Å². The van der Waals surface area contributed by atoms with Gasteiger partial charge in [-0.05, 0) is 76.7 Å². The van der Waals surface area contributed by atoms with Gasteiger partial charge in [-0.3, -0.25) is 0 Å². The molecule has 0 fully saturated rings. The second-order valence-electron chi connectivity index (χ2n) is 7.36. The number of aryl methyl sites for hydroxylation is 1. The first kappa shape index (κ1) is 20.1. The number of anilines is 3. The van der Waals surface area contributed by atoms with Crippen molar-refractivity contribution in [1.29, 1.82) is 0 Å². The summed E-state index contributed by atoms with van der Waals surface area (Å²) >= 11 is 0. The first-order valence-electron chi connectivity index (χ1n) is 10.3. The Morgan fingerprint density at radius 1 is 1.14 bits per heavy atom. The first-order chi connectivity index (χ1) is 13.6. The molecule has 0 bridgehead atoms. The second-order valence-corrected chi connectivity index (χ2v) is 7.36. The molecule has 1 atom stereocenters. The molecule has 6 heteroatoms. The van der Waals surface area contributed by atoms with E-state index in [4.69, 9.17) is 0 Å². The molecule has 0 saturated carbocycles. The van der Waals surface area contributed by atoms with Crippen LogP contribution < -0.4 is 10.6 Å². The summed E-state index contributed by atoms with van der Waals surface area (Å²) in [5.74, 6) is 1.46. The lowest BCUT2D eigenvalue weighted by molar-refractivity contribution is 0.295. The van der Waals surface area contributed by atoms with Gasteiger partial charge in [-0.15, -0.1) is 0 Å². The summed E-state index contributed by atoms with van der Waals surface area (Å²) in [5.41, 5.74) is 3.32. The third-order valence-electron chi connectivity index (χ3n) is 5.06. The molecule has 6 nitrogen and oxygen atoms in total. The predicted octanol–water partition coefficient (Wildman–Crippen LogP) is 4.93. The summed E-state index contributed by atoms with van der Waals surface area (Å²) in [5, 5.41) is 8.00. The van der Waals surface area contributed by atoms with E-state index in [0.29, 0.717) is 12.0 Å². The van der Waals surface area contributed by atoms with Gasteiger partial charge in [0.25, 0.3) is 0 Å². The molecule has 0 aliphatic rings. The first-order valence-corrected chi connectivity index (χ1v) is 10.3. The smallest absolute Gasteiger partial charge is 0.224 e. The van der Waals surface area contributed by atoms with E-state index in [1.807, 2.05) is 6.07 Å². The summed E-state index contributed by atoms with van der Waals surface area (Å²) in [6.07, 6.45) is 4.06. The lowest BCUT2D eigenvalue weighted by atomic mass is 10.2. The van der Waals surface area contributed by atoms with Crippen LogP contribution in [0.1, 0.15) is 39.3 Å². The zero-order valence-electron chi connectivity index (χ0n) is 17.4. The van der Waals surface area contributed by atoms with E-state index in [0.717, 1.165) is 48.8 Å². The average Bonchev–Trinajstić information content (AvgIpc) is 3.05. The molecule has 2 aromatic heterocycles. The fourth-order valence-corrected chi connectivity index (χ4v) is 3.45. The third kappa shape index (κ3) is 5.45. The number of nitrogens with one attached hydrogen (secondary N) is 3. The highest BCUT2D eigenvalue weighted by Crippen LogP contribution is 2.22. The van der Waals surface area contributed by atoms with Crippen LogP contribution in [0.25, 0.3) is 10.9 Å². The monoisotopic (exact) mass is 380 g/mol. The lowest BCUT2D eigenvalue weighted by Crippen LogP contribution is -2.26. The van der Waals surface area contributed by atoms with Gasteiger partial charge in [0.15, 0.2) is 0 Å². The van der Waals surface area contributed by atoms with Crippen molar-refractivity contribution in [2.75, 3.05) is 30.3 Å². The number of nitrogens with zero attached hydrogens (tertiary/aromatic N) is 3. The van der Waals surface area contributed by atoms with Gasteiger partial charge in [-0.1, -0.05) is 13.8 Å². The largest absolute Gasteiger partial charge is 0.359 e. The van der Waals surface area contributed by atoms with E-state index in [9.17, 15) is 0 Å². The van der Waals surface area contributed by atoms with Gasteiger partial charge in [0.05, 0.1) is 0 Å². The Labute approximate surface area is 167 Å². The number of aromatic amines is 1. The molecule has 0 aliphatic heterocycles. The van der Waals surface area contributed by atoms with Crippen LogP contribution in [-0.4, -0.2) is 45.5 Å². The standard InChI is InChI=1S/C22H32N6/c1-5-28(6-2)13-7-8-16(3)25-22-23-12-11-21(27-22)26-19-9-10-20-18(15-19)14-17(4)24-20/h9-12,14-16,24H,5-8,13H2,1-4H3,(H2,23,25,26,27). The number of hydrogen-bond acceptors (Lipinski definition) is 5. The molecule has 3 N–H and O–H groups in total. The number of hydrogen-bond donors (Lipinski definition) is 3. The van der Waals surface area contributed by atoms with Crippen molar-refractivity contribution in [3.05, 3.63) is 42.2 Å². The van der Waals surface area contributed by atoms with Crippen molar-refractivity contribution >= 4 is 28.4 Å². The molecule has 1 aromatic carbocycles. The molecule has 150 valence electrons. The zero-order chi connectivity index (χ0) is 19.9. The number of H-pyrrole nitrogens is 1. The highest BCUT2D eigenvalue weighted by Gasteiger charge is 2.07. The van der Waals surface area contributed by atoms with Crippen molar-refractivity contribution in [1.82, 2.24) is 19.9 Å². The second kappa shape index (κ2) is 9.55. The maximum absolute atomic E-state index is 4.62. The Kier molecular flexibility index (Phi) is 6.87. The summed E-state index contributed by atoms with van der Waals surface area (Å²) in [7, 11) is 0. The molecule has 2 heterocycles. The molecule has 3 rings (SSSR count). The van der Waals surface area contributed by atoms with Gasteiger partial charge in [0.1, 0.15) is 5.82 Å². The van der Waals surface area contributed by atoms with Crippen LogP contribution >= 0.6 is 0 Å². The third-order valence-corrected chi connectivity index (χ3v) is 5.06. The van der Waals surface area contributed by atoms with Gasteiger partial charge in [-0.25, -0.2) is 4.98 Å². The van der Waals surface area contributed by atoms with Crippen molar-refractivity contribution in [3.63, 3.8) is 0 Å². The number of benzene rings is 1.